The van der Waals surface area contributed by atoms with Crippen LogP contribution in [0, 0.1) is 5.92 Å². The normalized spacial score (nSPS) is 19.3. The monoisotopic (exact) mass is 534 g/mol. The highest BCUT2D eigenvalue weighted by atomic mass is 79.9. The second-order valence-electron chi connectivity index (χ2n) is 8.55. The van der Waals surface area contributed by atoms with Crippen LogP contribution in [0.15, 0.2) is 35.2 Å². The van der Waals surface area contributed by atoms with Crippen LogP contribution >= 0.6 is 27.5 Å². The van der Waals surface area contributed by atoms with Gasteiger partial charge in [0.05, 0.1) is 31.3 Å². The van der Waals surface area contributed by atoms with Gasteiger partial charge in [-0.2, -0.15) is 5.10 Å². The lowest BCUT2D eigenvalue weighted by Gasteiger charge is -2.37. The number of halogens is 2. The molecule has 10 heteroatoms. The van der Waals surface area contributed by atoms with Gasteiger partial charge in [-0.05, 0) is 52.4 Å². The van der Waals surface area contributed by atoms with Crippen molar-refractivity contribution in [2.75, 3.05) is 57.4 Å². The van der Waals surface area contributed by atoms with E-state index in [0.717, 1.165) is 79.6 Å². The van der Waals surface area contributed by atoms with Crippen LogP contribution in [-0.2, 0) is 9.47 Å². The van der Waals surface area contributed by atoms with Gasteiger partial charge in [0, 0.05) is 37.7 Å². The maximum Gasteiger partial charge on any atom is 0.187 e. The van der Waals surface area contributed by atoms with Crippen molar-refractivity contribution in [2.45, 2.75) is 18.9 Å². The number of aromatic amines is 1. The first-order chi connectivity index (χ1) is 16.2. The Kier molecular flexibility index (Phi) is 7.42. The average Bonchev–Trinajstić information content (AvgIpc) is 3.24. The molecule has 0 unspecified atom stereocenters. The van der Waals surface area contributed by atoms with Gasteiger partial charge in [-0.15, -0.1) is 0 Å². The Morgan fingerprint density at radius 3 is 2.64 bits per heavy atom. The van der Waals surface area contributed by atoms with E-state index in [0.29, 0.717) is 18.2 Å². The van der Waals surface area contributed by atoms with E-state index >= 15 is 0 Å². The van der Waals surface area contributed by atoms with Gasteiger partial charge in [0.25, 0.3) is 0 Å². The van der Waals surface area contributed by atoms with Gasteiger partial charge >= 0.3 is 0 Å². The lowest BCUT2D eigenvalue weighted by atomic mass is 9.87. The Morgan fingerprint density at radius 1 is 1.12 bits per heavy atom. The molecule has 4 heterocycles. The fraction of sp³-hybridized carbons (Fsp3) is 0.522. The minimum atomic E-state index is 0.0523. The molecule has 0 radical (unpaired) electrons. The Balaban J connectivity index is 1.27. The summed E-state index contributed by atoms with van der Waals surface area (Å²) in [6.45, 7) is 7.03. The number of ether oxygens (including phenoxy) is 2. The number of nitrogens with zero attached hydrogens (tertiary/aromatic N) is 5. The molecule has 8 nitrogen and oxygen atoms in total. The number of fused-ring (bicyclic) bond motifs is 1. The summed E-state index contributed by atoms with van der Waals surface area (Å²) in [4.78, 5) is 13.6. The van der Waals surface area contributed by atoms with Gasteiger partial charge < -0.3 is 14.4 Å². The number of aromatic nitrogens is 4. The number of H-pyrrole nitrogens is 1. The van der Waals surface area contributed by atoms with Crippen LogP contribution in [0.3, 0.4) is 0 Å². The van der Waals surface area contributed by atoms with Crippen molar-refractivity contribution in [2.24, 2.45) is 5.92 Å². The number of piperidine rings is 1. The maximum absolute atomic E-state index is 6.54. The van der Waals surface area contributed by atoms with Gasteiger partial charge in [0.15, 0.2) is 5.65 Å². The zero-order valence-electron chi connectivity index (χ0n) is 18.4. The van der Waals surface area contributed by atoms with E-state index in [2.05, 4.69) is 58.0 Å². The van der Waals surface area contributed by atoms with Crippen LogP contribution in [-0.4, -0.2) is 77.6 Å². The predicted molar refractivity (Wildman–Crippen MR) is 132 cm³/mol. The molecule has 0 aliphatic carbocycles. The van der Waals surface area contributed by atoms with E-state index in [-0.39, 0.29) is 6.10 Å². The Labute approximate surface area is 206 Å². The second kappa shape index (κ2) is 10.7. The fourth-order valence-corrected chi connectivity index (χ4v) is 5.32. The molecule has 2 saturated heterocycles. The van der Waals surface area contributed by atoms with Crippen LogP contribution in [0.1, 0.15) is 24.5 Å². The molecular formula is C23H28BrClN6O2. The average molecular weight is 536 g/mol. The third-order valence-electron chi connectivity index (χ3n) is 6.56. The van der Waals surface area contributed by atoms with Crippen LogP contribution in [0.4, 0.5) is 5.82 Å². The molecule has 176 valence electrons. The van der Waals surface area contributed by atoms with Gasteiger partial charge in [-0.25, -0.2) is 9.97 Å². The van der Waals surface area contributed by atoms with E-state index in [4.69, 9.17) is 21.1 Å². The number of anilines is 1. The summed E-state index contributed by atoms with van der Waals surface area (Å²) >= 11 is 9.71. The van der Waals surface area contributed by atoms with Gasteiger partial charge in [0.1, 0.15) is 16.7 Å². The van der Waals surface area contributed by atoms with Crippen molar-refractivity contribution < 1.29 is 9.47 Å². The Bertz CT molecular complexity index is 1050. The van der Waals surface area contributed by atoms with E-state index in [1.165, 1.54) is 5.56 Å². The van der Waals surface area contributed by atoms with Crippen molar-refractivity contribution in [3.63, 3.8) is 0 Å². The molecule has 2 aliphatic heterocycles. The molecular weight excluding hydrogens is 508 g/mol. The molecule has 0 saturated carbocycles. The molecule has 2 fully saturated rings. The molecule has 5 rings (SSSR count). The van der Waals surface area contributed by atoms with Crippen molar-refractivity contribution in [3.8, 4) is 0 Å². The van der Waals surface area contributed by atoms with E-state index in [1.807, 2.05) is 12.1 Å². The van der Waals surface area contributed by atoms with E-state index < -0.39 is 0 Å². The Hall–Kier alpha value is -1.78. The van der Waals surface area contributed by atoms with Gasteiger partial charge in [-0.3, -0.25) is 10.00 Å². The van der Waals surface area contributed by atoms with Crippen LogP contribution in [0.5, 0.6) is 0 Å². The molecule has 1 atom stereocenters. The number of hydrogen-bond donors (Lipinski definition) is 1. The van der Waals surface area contributed by atoms with Crippen LogP contribution in [0.2, 0.25) is 5.02 Å². The first kappa shape index (κ1) is 23.0. The highest BCUT2D eigenvalue weighted by Crippen LogP contribution is 2.37. The highest BCUT2D eigenvalue weighted by molar-refractivity contribution is 9.10. The quantitative estimate of drug-likeness (QED) is 0.488. The fourth-order valence-electron chi connectivity index (χ4n) is 4.75. The maximum atomic E-state index is 6.54. The molecule has 1 aromatic carbocycles. The summed E-state index contributed by atoms with van der Waals surface area (Å²) in [5, 5.41) is 8.88. The first-order valence-electron chi connectivity index (χ1n) is 11.5. The van der Waals surface area contributed by atoms with Crippen molar-refractivity contribution in [3.05, 3.63) is 45.8 Å². The number of morpholine rings is 1. The zero-order valence-corrected chi connectivity index (χ0v) is 20.8. The Morgan fingerprint density at radius 2 is 1.88 bits per heavy atom. The molecule has 0 amide bonds. The SMILES string of the molecule is Clc1ccc([C@H](OCCN2CCOCC2)C2CCN(c3ncnc4n[nH]c(Br)c34)CC2)cc1. The van der Waals surface area contributed by atoms with Crippen molar-refractivity contribution in [1.82, 2.24) is 25.1 Å². The largest absolute Gasteiger partial charge is 0.379 e. The lowest BCUT2D eigenvalue weighted by molar-refractivity contribution is -0.0232. The molecule has 1 N–H and O–H groups in total. The number of benzene rings is 1. The zero-order chi connectivity index (χ0) is 22.6. The summed E-state index contributed by atoms with van der Waals surface area (Å²) in [6, 6.07) is 8.12. The molecule has 2 aromatic heterocycles. The second-order valence-corrected chi connectivity index (χ2v) is 9.78. The van der Waals surface area contributed by atoms with Gasteiger partial charge in [0.2, 0.25) is 0 Å². The minimum Gasteiger partial charge on any atom is -0.379 e. The van der Waals surface area contributed by atoms with E-state index in [1.54, 1.807) is 6.33 Å². The smallest absolute Gasteiger partial charge is 0.187 e. The standard InChI is InChI=1S/C23H28BrClN6O2/c24-21-19-22(29-28-21)26-15-27-23(19)31-7-5-17(6-8-31)20(16-1-3-18(25)4-2-16)33-14-11-30-9-12-32-13-10-30/h1-4,15,17,20H,5-14H2,(H,26,27,28,29)/t20-/m0/s1. The molecule has 33 heavy (non-hydrogen) atoms. The third-order valence-corrected chi connectivity index (χ3v) is 7.39. The summed E-state index contributed by atoms with van der Waals surface area (Å²) in [6.07, 6.45) is 3.68. The van der Waals surface area contributed by atoms with Crippen molar-refractivity contribution >= 4 is 44.4 Å². The minimum absolute atomic E-state index is 0.0523. The summed E-state index contributed by atoms with van der Waals surface area (Å²) in [7, 11) is 0. The van der Waals surface area contributed by atoms with E-state index in [9.17, 15) is 0 Å². The highest BCUT2D eigenvalue weighted by Gasteiger charge is 2.30. The predicted octanol–water partition coefficient (Wildman–Crippen LogP) is 4.08. The molecule has 0 spiro atoms. The van der Waals surface area contributed by atoms with Crippen molar-refractivity contribution in [1.29, 1.82) is 0 Å². The molecule has 0 bridgehead atoms. The lowest BCUT2D eigenvalue weighted by Crippen LogP contribution is -2.39. The van der Waals surface area contributed by atoms with Crippen LogP contribution < -0.4 is 4.90 Å². The number of nitrogens with one attached hydrogen (secondary N) is 1. The summed E-state index contributed by atoms with van der Waals surface area (Å²) in [5.41, 5.74) is 1.88. The first-order valence-corrected chi connectivity index (χ1v) is 12.6. The summed E-state index contributed by atoms with van der Waals surface area (Å²) in [5.74, 6) is 1.35. The number of rotatable bonds is 7. The van der Waals surface area contributed by atoms with Crippen LogP contribution in [0.25, 0.3) is 11.0 Å². The summed E-state index contributed by atoms with van der Waals surface area (Å²) < 4.78 is 12.8. The third kappa shape index (κ3) is 5.33. The number of hydrogen-bond acceptors (Lipinski definition) is 7. The molecule has 2 aliphatic rings. The van der Waals surface area contributed by atoms with Gasteiger partial charge in [-0.1, -0.05) is 23.7 Å². The molecule has 3 aromatic rings. The topological polar surface area (TPSA) is 79.4 Å².